The largest absolute Gasteiger partial charge is 0.293 e. The molecule has 0 spiro atoms. The number of halogens is 1. The molecule has 4 nitrogen and oxygen atoms in total. The van der Waals surface area contributed by atoms with Crippen molar-refractivity contribution in [1.29, 1.82) is 0 Å². The van der Waals surface area contributed by atoms with E-state index < -0.39 is 5.25 Å². The molecule has 0 amide bonds. The Morgan fingerprint density at radius 1 is 1.03 bits per heavy atom. The van der Waals surface area contributed by atoms with Gasteiger partial charge in [0.25, 0.3) is 5.56 Å². The molecule has 4 rings (SSSR count). The molecule has 0 unspecified atom stereocenters. The minimum atomic E-state index is -0.414. The van der Waals surface area contributed by atoms with E-state index in [2.05, 4.69) is 0 Å². The van der Waals surface area contributed by atoms with Gasteiger partial charge in [0.2, 0.25) is 0 Å². The Bertz CT molecular complexity index is 1370. The van der Waals surface area contributed by atoms with E-state index >= 15 is 0 Å². The van der Waals surface area contributed by atoms with Gasteiger partial charge >= 0.3 is 0 Å². The van der Waals surface area contributed by atoms with E-state index in [4.69, 9.17) is 16.6 Å². The van der Waals surface area contributed by atoms with Crippen LogP contribution in [0.25, 0.3) is 10.9 Å². The summed E-state index contributed by atoms with van der Waals surface area (Å²) in [7, 11) is 0. The van der Waals surface area contributed by atoms with E-state index in [1.165, 1.54) is 11.8 Å². The number of Topliss-reactive ketones (excluding diaryl/α,β-unsaturated/α-hetero) is 1. The lowest BCUT2D eigenvalue weighted by atomic mass is 10.0. The van der Waals surface area contributed by atoms with Crippen LogP contribution in [0.1, 0.15) is 34.0 Å². The molecule has 3 aromatic carbocycles. The normalized spacial score (nSPS) is 12.1. The molecule has 6 heteroatoms. The number of hydrogen-bond donors (Lipinski definition) is 0. The van der Waals surface area contributed by atoms with Crippen molar-refractivity contribution in [3.05, 3.63) is 104 Å². The molecule has 0 saturated carbocycles. The highest BCUT2D eigenvalue weighted by Crippen LogP contribution is 2.27. The van der Waals surface area contributed by atoms with Crippen LogP contribution in [0.15, 0.2) is 76.7 Å². The van der Waals surface area contributed by atoms with Gasteiger partial charge in [0.15, 0.2) is 10.9 Å². The zero-order valence-electron chi connectivity index (χ0n) is 18.1. The summed E-state index contributed by atoms with van der Waals surface area (Å²) in [6, 6.07) is 20.6. The van der Waals surface area contributed by atoms with Crippen molar-refractivity contribution in [3.8, 4) is 0 Å². The van der Waals surface area contributed by atoms with Crippen LogP contribution >= 0.6 is 23.4 Å². The molecule has 0 fully saturated rings. The second-order valence-corrected chi connectivity index (χ2v) is 9.60. The van der Waals surface area contributed by atoms with Gasteiger partial charge in [-0.3, -0.25) is 14.2 Å². The van der Waals surface area contributed by atoms with Gasteiger partial charge in [-0.2, -0.15) is 0 Å². The predicted molar refractivity (Wildman–Crippen MR) is 132 cm³/mol. The zero-order chi connectivity index (χ0) is 22.8. The lowest BCUT2D eigenvalue weighted by Crippen LogP contribution is -2.25. The maximum absolute atomic E-state index is 13.4. The summed E-state index contributed by atoms with van der Waals surface area (Å²) in [5, 5.41) is 1.10. The summed E-state index contributed by atoms with van der Waals surface area (Å²) in [6.45, 7) is 6.24. The van der Waals surface area contributed by atoms with Crippen LogP contribution in [0.2, 0.25) is 5.02 Å². The summed E-state index contributed by atoms with van der Waals surface area (Å²) < 4.78 is 1.64. The van der Waals surface area contributed by atoms with Crippen LogP contribution in [0.4, 0.5) is 0 Å². The van der Waals surface area contributed by atoms with E-state index in [0.29, 0.717) is 33.2 Å². The molecule has 1 heterocycles. The summed E-state index contributed by atoms with van der Waals surface area (Å²) in [5.74, 6) is 0.00445. The number of carbonyl (C=O) groups excluding carboxylic acids is 1. The van der Waals surface area contributed by atoms with Crippen LogP contribution in [0, 0.1) is 13.8 Å². The van der Waals surface area contributed by atoms with E-state index in [-0.39, 0.29) is 11.3 Å². The second-order valence-electron chi connectivity index (χ2n) is 7.86. The summed E-state index contributed by atoms with van der Waals surface area (Å²) in [5.41, 5.74) is 4.25. The number of aromatic nitrogens is 2. The molecule has 0 aliphatic heterocycles. The number of aryl methyl sites for hydroxylation is 2. The lowest BCUT2D eigenvalue weighted by molar-refractivity contribution is 0.0993. The third-order valence-electron chi connectivity index (χ3n) is 5.51. The van der Waals surface area contributed by atoms with Gasteiger partial charge in [0.1, 0.15) is 0 Å². The van der Waals surface area contributed by atoms with Gasteiger partial charge in [-0.25, -0.2) is 4.98 Å². The smallest absolute Gasteiger partial charge is 0.262 e. The van der Waals surface area contributed by atoms with E-state index in [1.807, 2.05) is 69.3 Å². The van der Waals surface area contributed by atoms with Crippen molar-refractivity contribution in [3.63, 3.8) is 0 Å². The van der Waals surface area contributed by atoms with Crippen LogP contribution in [-0.2, 0) is 6.54 Å². The molecule has 0 N–H and O–H groups in total. The quantitative estimate of drug-likeness (QED) is 0.198. The highest BCUT2D eigenvalue weighted by atomic mass is 35.5. The number of benzene rings is 3. The van der Waals surface area contributed by atoms with Gasteiger partial charge in [-0.1, -0.05) is 65.8 Å². The molecule has 0 saturated heterocycles. The average molecular weight is 463 g/mol. The fourth-order valence-corrected chi connectivity index (χ4v) is 4.66. The van der Waals surface area contributed by atoms with Crippen molar-refractivity contribution in [2.24, 2.45) is 0 Å². The number of nitrogens with zero attached hydrogens (tertiary/aromatic N) is 2. The van der Waals surface area contributed by atoms with E-state index in [0.717, 1.165) is 16.7 Å². The molecule has 1 atom stereocenters. The number of thioether (sulfide) groups is 1. The SMILES string of the molecule is Cc1ccc(C(=O)[C@H](C)Sc2nc3cc(Cl)ccc3c(=O)n2Cc2ccccc2)cc1C. The summed E-state index contributed by atoms with van der Waals surface area (Å²) in [6.07, 6.45) is 0. The maximum atomic E-state index is 13.4. The highest BCUT2D eigenvalue weighted by molar-refractivity contribution is 8.00. The maximum Gasteiger partial charge on any atom is 0.262 e. The molecule has 162 valence electrons. The molecule has 0 radical (unpaired) electrons. The highest BCUT2D eigenvalue weighted by Gasteiger charge is 2.21. The Balaban J connectivity index is 1.75. The monoisotopic (exact) mass is 462 g/mol. The van der Waals surface area contributed by atoms with E-state index in [9.17, 15) is 9.59 Å². The van der Waals surface area contributed by atoms with Gasteiger partial charge < -0.3 is 0 Å². The summed E-state index contributed by atoms with van der Waals surface area (Å²) in [4.78, 5) is 31.2. The first-order valence-corrected chi connectivity index (χ1v) is 11.6. The van der Waals surface area contributed by atoms with E-state index in [1.54, 1.807) is 22.8 Å². The Morgan fingerprint density at radius 2 is 1.78 bits per heavy atom. The number of rotatable bonds is 6. The second kappa shape index (κ2) is 9.31. The van der Waals surface area contributed by atoms with Crippen LogP contribution in [0.5, 0.6) is 0 Å². The van der Waals surface area contributed by atoms with Crippen molar-refractivity contribution in [2.75, 3.05) is 0 Å². The first-order valence-electron chi connectivity index (χ1n) is 10.4. The molecule has 32 heavy (non-hydrogen) atoms. The van der Waals surface area contributed by atoms with Crippen LogP contribution in [0.3, 0.4) is 0 Å². The summed E-state index contributed by atoms with van der Waals surface area (Å²) >= 11 is 7.44. The molecular weight excluding hydrogens is 440 g/mol. The topological polar surface area (TPSA) is 52.0 Å². The molecule has 1 aromatic heterocycles. The minimum Gasteiger partial charge on any atom is -0.293 e. The third-order valence-corrected chi connectivity index (χ3v) is 6.83. The molecule has 0 aliphatic rings. The van der Waals surface area contributed by atoms with Crippen molar-refractivity contribution >= 4 is 40.0 Å². The molecule has 0 aliphatic carbocycles. The van der Waals surface area contributed by atoms with Crippen molar-refractivity contribution in [1.82, 2.24) is 9.55 Å². The molecule has 4 aromatic rings. The Kier molecular flexibility index (Phi) is 6.49. The average Bonchev–Trinajstić information content (AvgIpc) is 2.78. The first kappa shape index (κ1) is 22.3. The standard InChI is InChI=1S/C26H23ClN2O2S/c1-16-9-10-20(13-17(16)2)24(30)18(3)32-26-28-23-14-21(27)11-12-22(23)25(31)29(26)15-19-7-5-4-6-8-19/h4-14,18H,15H2,1-3H3/t18-/m0/s1. The fraction of sp³-hybridized carbons (Fsp3) is 0.192. The van der Waals surface area contributed by atoms with Gasteiger partial charge in [-0.15, -0.1) is 0 Å². The van der Waals surface area contributed by atoms with Crippen LogP contribution < -0.4 is 5.56 Å². The van der Waals surface area contributed by atoms with Crippen molar-refractivity contribution in [2.45, 2.75) is 37.7 Å². The number of carbonyl (C=O) groups is 1. The van der Waals surface area contributed by atoms with Crippen LogP contribution in [-0.4, -0.2) is 20.6 Å². The lowest BCUT2D eigenvalue weighted by Gasteiger charge is -2.16. The van der Waals surface area contributed by atoms with Gasteiger partial charge in [0.05, 0.1) is 22.7 Å². The van der Waals surface area contributed by atoms with Gasteiger partial charge in [-0.05, 0) is 61.7 Å². The number of fused-ring (bicyclic) bond motifs is 1. The first-order chi connectivity index (χ1) is 15.3. The Labute approximate surface area is 196 Å². The Hall–Kier alpha value is -2.89. The Morgan fingerprint density at radius 3 is 2.50 bits per heavy atom. The molecular formula is C26H23ClN2O2S. The zero-order valence-corrected chi connectivity index (χ0v) is 19.7. The minimum absolute atomic E-state index is 0.00445. The fourth-order valence-electron chi connectivity index (χ4n) is 3.51. The number of ketones is 1. The third kappa shape index (κ3) is 4.64. The van der Waals surface area contributed by atoms with Crippen molar-refractivity contribution < 1.29 is 4.79 Å². The molecule has 0 bridgehead atoms. The predicted octanol–water partition coefficient (Wildman–Crippen LogP) is 6.08. The number of hydrogen-bond acceptors (Lipinski definition) is 4. The van der Waals surface area contributed by atoms with Gasteiger partial charge in [0, 0.05) is 10.6 Å².